The van der Waals surface area contributed by atoms with Gasteiger partial charge in [0.2, 0.25) is 0 Å². The monoisotopic (exact) mass is 568 g/mol. The van der Waals surface area contributed by atoms with Crippen molar-refractivity contribution in [1.82, 2.24) is 9.47 Å². The van der Waals surface area contributed by atoms with Crippen LogP contribution in [0.4, 0.5) is 0 Å². The molecule has 0 unspecified atom stereocenters. The zero-order chi connectivity index (χ0) is 29.1. The quantitative estimate of drug-likeness (QED) is 0.134. The molecule has 5 heteroatoms. The van der Waals surface area contributed by atoms with E-state index in [9.17, 15) is 0 Å². The highest BCUT2D eigenvalue weighted by molar-refractivity contribution is 5.92. The molecule has 1 aliphatic heterocycles. The highest BCUT2D eigenvalue weighted by Crippen LogP contribution is 2.37. The molecule has 1 aliphatic rings. The Hall–Kier alpha value is -3.44. The average Bonchev–Trinajstić information content (AvgIpc) is 3.29. The highest BCUT2D eigenvalue weighted by atomic mass is 16.5. The van der Waals surface area contributed by atoms with Crippen molar-refractivity contribution in [3.05, 3.63) is 77.9 Å². The molecule has 0 bridgehead atoms. The number of hydrogen-bond donors (Lipinski definition) is 0. The number of aryl methyl sites for hydroxylation is 1. The number of benzene rings is 3. The average molecular weight is 569 g/mol. The number of likely N-dealkylation sites (tertiary alicyclic amines) is 1. The summed E-state index contributed by atoms with van der Waals surface area (Å²) in [6.45, 7) is 13.0. The van der Waals surface area contributed by atoms with Gasteiger partial charge in [-0.2, -0.15) is 0 Å². The summed E-state index contributed by atoms with van der Waals surface area (Å²) in [6.07, 6.45) is 8.36. The van der Waals surface area contributed by atoms with Gasteiger partial charge in [0.05, 0.1) is 18.9 Å². The van der Waals surface area contributed by atoms with Crippen LogP contribution >= 0.6 is 0 Å². The minimum atomic E-state index is 0.740. The van der Waals surface area contributed by atoms with Crippen molar-refractivity contribution >= 4 is 10.9 Å². The van der Waals surface area contributed by atoms with Crippen LogP contribution in [0.5, 0.6) is 17.2 Å². The maximum Gasteiger partial charge on any atom is 0.120 e. The lowest BCUT2D eigenvalue weighted by molar-refractivity contribution is 0.183. The summed E-state index contributed by atoms with van der Waals surface area (Å²) >= 11 is 0. The Bertz CT molecular complexity index is 1400. The number of rotatable bonds is 15. The Labute approximate surface area is 252 Å². The number of ether oxygens (including phenoxy) is 3. The molecule has 42 heavy (non-hydrogen) atoms. The second-order valence-corrected chi connectivity index (χ2v) is 11.6. The summed E-state index contributed by atoms with van der Waals surface area (Å²) < 4.78 is 20.7. The van der Waals surface area contributed by atoms with Crippen molar-refractivity contribution in [3.8, 4) is 28.5 Å². The first-order valence-electron chi connectivity index (χ1n) is 16.1. The minimum Gasteiger partial charge on any atom is -0.494 e. The van der Waals surface area contributed by atoms with Crippen molar-refractivity contribution in [2.45, 2.75) is 72.3 Å². The van der Waals surface area contributed by atoms with E-state index in [0.717, 1.165) is 75.8 Å². The van der Waals surface area contributed by atoms with Crippen molar-refractivity contribution in [1.29, 1.82) is 0 Å². The van der Waals surface area contributed by atoms with Crippen LogP contribution in [0.3, 0.4) is 0 Å². The van der Waals surface area contributed by atoms with Crippen LogP contribution in [0.15, 0.2) is 66.7 Å². The van der Waals surface area contributed by atoms with Crippen molar-refractivity contribution < 1.29 is 14.2 Å². The fourth-order valence-electron chi connectivity index (χ4n) is 5.88. The SMILES string of the molecule is CCCCOc1cccc(-c2c(C)c3cc(OCCCC)ccc3n2Cc2ccc(OCCN3CCCCC3)cc2)c1. The zero-order valence-corrected chi connectivity index (χ0v) is 25.9. The summed E-state index contributed by atoms with van der Waals surface area (Å²) in [5.74, 6) is 2.80. The van der Waals surface area contributed by atoms with Gasteiger partial charge in [0.25, 0.3) is 0 Å². The van der Waals surface area contributed by atoms with Gasteiger partial charge in [-0.25, -0.2) is 0 Å². The van der Waals surface area contributed by atoms with Crippen LogP contribution in [0, 0.1) is 6.92 Å². The zero-order valence-electron chi connectivity index (χ0n) is 25.9. The summed E-state index contributed by atoms with van der Waals surface area (Å²) in [5, 5.41) is 1.23. The first-order chi connectivity index (χ1) is 20.7. The highest BCUT2D eigenvalue weighted by Gasteiger charge is 2.18. The van der Waals surface area contributed by atoms with Gasteiger partial charge < -0.3 is 18.8 Å². The van der Waals surface area contributed by atoms with E-state index < -0.39 is 0 Å². The van der Waals surface area contributed by atoms with Gasteiger partial charge in [0, 0.05) is 29.6 Å². The molecule has 5 nitrogen and oxygen atoms in total. The van der Waals surface area contributed by atoms with Gasteiger partial charge in [-0.3, -0.25) is 4.90 Å². The van der Waals surface area contributed by atoms with E-state index in [1.54, 1.807) is 0 Å². The smallest absolute Gasteiger partial charge is 0.120 e. The third kappa shape index (κ3) is 7.69. The van der Waals surface area contributed by atoms with Gasteiger partial charge in [0.1, 0.15) is 23.9 Å². The lowest BCUT2D eigenvalue weighted by Gasteiger charge is -2.26. The Morgan fingerprint density at radius 1 is 0.690 bits per heavy atom. The summed E-state index contributed by atoms with van der Waals surface area (Å²) in [6, 6.07) is 23.7. The van der Waals surface area contributed by atoms with Crippen LogP contribution in [-0.2, 0) is 6.54 Å². The number of nitrogens with zero attached hydrogens (tertiary/aromatic N) is 2. The number of aromatic nitrogens is 1. The maximum atomic E-state index is 6.11. The summed E-state index contributed by atoms with van der Waals surface area (Å²) in [4.78, 5) is 2.52. The molecule has 0 amide bonds. The van der Waals surface area contributed by atoms with Crippen LogP contribution in [-0.4, -0.2) is 48.9 Å². The third-order valence-corrected chi connectivity index (χ3v) is 8.32. The molecule has 1 saturated heterocycles. The molecule has 0 aliphatic carbocycles. The van der Waals surface area contributed by atoms with Gasteiger partial charge in [-0.1, -0.05) is 57.4 Å². The number of piperidine rings is 1. The Balaban J connectivity index is 1.40. The second-order valence-electron chi connectivity index (χ2n) is 11.6. The predicted molar refractivity (Wildman–Crippen MR) is 174 cm³/mol. The number of unbranched alkanes of at least 4 members (excludes halogenated alkanes) is 2. The fourth-order valence-corrected chi connectivity index (χ4v) is 5.88. The maximum absolute atomic E-state index is 6.11. The molecule has 0 saturated carbocycles. The van der Waals surface area contributed by atoms with Crippen molar-refractivity contribution in [2.75, 3.05) is 39.5 Å². The first kappa shape index (κ1) is 30.0. The van der Waals surface area contributed by atoms with Gasteiger partial charge >= 0.3 is 0 Å². The largest absolute Gasteiger partial charge is 0.494 e. The summed E-state index contributed by atoms with van der Waals surface area (Å²) in [7, 11) is 0. The lowest BCUT2D eigenvalue weighted by Crippen LogP contribution is -2.33. The molecule has 2 heterocycles. The van der Waals surface area contributed by atoms with E-state index in [-0.39, 0.29) is 0 Å². The number of fused-ring (bicyclic) bond motifs is 1. The van der Waals surface area contributed by atoms with Crippen LogP contribution in [0.25, 0.3) is 22.2 Å². The van der Waals surface area contributed by atoms with Gasteiger partial charge in [-0.05, 0) is 99.3 Å². The molecule has 5 rings (SSSR count). The van der Waals surface area contributed by atoms with E-state index in [0.29, 0.717) is 0 Å². The molecular formula is C37H48N2O3. The molecule has 224 valence electrons. The van der Waals surface area contributed by atoms with E-state index >= 15 is 0 Å². The topological polar surface area (TPSA) is 35.9 Å². The Morgan fingerprint density at radius 3 is 2.07 bits per heavy atom. The molecular weight excluding hydrogens is 520 g/mol. The van der Waals surface area contributed by atoms with Gasteiger partial charge in [-0.15, -0.1) is 0 Å². The van der Waals surface area contributed by atoms with E-state index in [4.69, 9.17) is 14.2 Å². The summed E-state index contributed by atoms with van der Waals surface area (Å²) in [5.41, 5.74) is 6.11. The molecule has 1 aromatic heterocycles. The van der Waals surface area contributed by atoms with E-state index in [1.165, 1.54) is 65.6 Å². The van der Waals surface area contributed by atoms with Crippen LogP contribution in [0.2, 0.25) is 0 Å². The van der Waals surface area contributed by atoms with Crippen molar-refractivity contribution in [3.63, 3.8) is 0 Å². The van der Waals surface area contributed by atoms with Crippen molar-refractivity contribution in [2.24, 2.45) is 0 Å². The molecule has 1 fully saturated rings. The Kier molecular flexibility index (Phi) is 10.8. The molecule has 0 atom stereocenters. The Morgan fingerprint density at radius 2 is 1.36 bits per heavy atom. The van der Waals surface area contributed by atoms with Crippen LogP contribution < -0.4 is 14.2 Å². The molecule has 0 radical (unpaired) electrons. The molecule has 0 N–H and O–H groups in total. The molecule has 4 aromatic rings. The first-order valence-corrected chi connectivity index (χ1v) is 16.1. The fraction of sp³-hybridized carbons (Fsp3) is 0.459. The van der Waals surface area contributed by atoms with Crippen LogP contribution in [0.1, 0.15) is 69.9 Å². The standard InChI is InChI=1S/C37H48N2O3/c1-4-6-23-40-33-13-11-12-31(26-33)37-29(3)35-27-34(41-24-7-5-2)18-19-36(35)39(37)28-30-14-16-32(17-15-30)42-25-22-38-20-9-8-10-21-38/h11-19,26-27H,4-10,20-25,28H2,1-3H3. The molecule has 3 aromatic carbocycles. The normalized spacial score (nSPS) is 13.9. The molecule has 0 spiro atoms. The van der Waals surface area contributed by atoms with E-state index in [1.807, 2.05) is 0 Å². The second kappa shape index (κ2) is 15.2. The number of hydrogen-bond acceptors (Lipinski definition) is 4. The lowest BCUT2D eigenvalue weighted by atomic mass is 10.1. The third-order valence-electron chi connectivity index (χ3n) is 8.32. The minimum absolute atomic E-state index is 0.740. The predicted octanol–water partition coefficient (Wildman–Crippen LogP) is 8.89. The van der Waals surface area contributed by atoms with E-state index in [2.05, 4.69) is 97.0 Å². The van der Waals surface area contributed by atoms with Gasteiger partial charge in [0.15, 0.2) is 0 Å².